The van der Waals surface area contributed by atoms with Gasteiger partial charge in [-0.2, -0.15) is 0 Å². The summed E-state index contributed by atoms with van der Waals surface area (Å²) in [6.45, 7) is 3.14. The van der Waals surface area contributed by atoms with Crippen LogP contribution in [0.1, 0.15) is 19.4 Å². The van der Waals surface area contributed by atoms with Crippen molar-refractivity contribution in [2.45, 2.75) is 13.8 Å². The zero-order chi connectivity index (χ0) is 15.6. The number of nitrogens with two attached hydrogens (primary N) is 1. The zero-order valence-electron chi connectivity index (χ0n) is 11.7. The summed E-state index contributed by atoms with van der Waals surface area (Å²) >= 11 is 0. The van der Waals surface area contributed by atoms with E-state index in [1.54, 1.807) is 32.0 Å². The molecule has 0 fully saturated rings. The highest BCUT2D eigenvalue weighted by molar-refractivity contribution is 6.12. The number of benzene rings is 1. The number of nitrogens with zero attached hydrogens (tertiary/aromatic N) is 2. The molecule has 0 saturated heterocycles. The number of anilines is 1. The summed E-state index contributed by atoms with van der Waals surface area (Å²) in [4.78, 5) is 0. The van der Waals surface area contributed by atoms with Gasteiger partial charge in [-0.3, -0.25) is 5.41 Å². The molecule has 1 heterocycles. The van der Waals surface area contributed by atoms with E-state index in [1.807, 2.05) is 0 Å². The van der Waals surface area contributed by atoms with Crippen molar-refractivity contribution in [2.24, 2.45) is 0 Å². The molecule has 0 bridgehead atoms. The Morgan fingerprint density at radius 3 is 2.52 bits per heavy atom. The molecule has 0 aliphatic heterocycles. The Hall–Kier alpha value is -2.76. The van der Waals surface area contributed by atoms with Crippen molar-refractivity contribution in [1.29, 1.82) is 5.41 Å². The fraction of sp³-hybridized carbons (Fsp3) is 0.133. The van der Waals surface area contributed by atoms with Crippen LogP contribution in [-0.4, -0.2) is 21.0 Å². The number of nitrogen functional groups attached to an aromatic ring is 1. The van der Waals surface area contributed by atoms with Gasteiger partial charge in [0.2, 0.25) is 0 Å². The molecule has 0 saturated carbocycles. The summed E-state index contributed by atoms with van der Waals surface area (Å²) in [5.74, 6) is -0.662. The number of para-hydroxylation sites is 1. The second-order valence-electron chi connectivity index (χ2n) is 4.73. The largest absolute Gasteiger partial charge is 0.507 e. The Balaban J connectivity index is 2.56. The summed E-state index contributed by atoms with van der Waals surface area (Å²) in [7, 11) is 0. The van der Waals surface area contributed by atoms with Crippen molar-refractivity contribution < 1.29 is 9.50 Å². The predicted octanol–water partition coefficient (Wildman–Crippen LogP) is 3.06. The lowest BCUT2D eigenvalue weighted by Gasteiger charge is -2.09. The number of hydrogen-bond donors (Lipinski definition) is 3. The van der Waals surface area contributed by atoms with E-state index in [2.05, 4.69) is 10.2 Å². The molecule has 1 aromatic carbocycles. The maximum Gasteiger partial charge on any atom is 0.155 e. The summed E-state index contributed by atoms with van der Waals surface area (Å²) in [5.41, 5.74) is 6.61. The van der Waals surface area contributed by atoms with E-state index in [1.165, 1.54) is 12.1 Å². The molecule has 0 radical (unpaired) electrons. The summed E-state index contributed by atoms with van der Waals surface area (Å²) in [6.07, 6.45) is 0. The zero-order valence-corrected chi connectivity index (χ0v) is 11.7. The number of aromatic nitrogens is 2. The van der Waals surface area contributed by atoms with Crippen LogP contribution >= 0.6 is 0 Å². The molecule has 0 spiro atoms. The fourth-order valence-corrected chi connectivity index (χ4v) is 1.79. The first-order valence-electron chi connectivity index (χ1n) is 6.25. The third kappa shape index (κ3) is 2.89. The molecule has 0 aliphatic rings. The Labute approximate surface area is 121 Å². The van der Waals surface area contributed by atoms with E-state index in [4.69, 9.17) is 11.1 Å². The summed E-state index contributed by atoms with van der Waals surface area (Å²) < 4.78 is 13.9. The van der Waals surface area contributed by atoms with Gasteiger partial charge < -0.3 is 10.8 Å². The van der Waals surface area contributed by atoms with Gasteiger partial charge in [0, 0.05) is 11.1 Å². The second-order valence-corrected chi connectivity index (χ2v) is 4.73. The lowest BCUT2D eigenvalue weighted by Crippen LogP contribution is -2.09. The predicted molar refractivity (Wildman–Crippen MR) is 79.9 cm³/mol. The Kier molecular flexibility index (Phi) is 3.98. The summed E-state index contributed by atoms with van der Waals surface area (Å²) in [5, 5.41) is 25.3. The number of aromatic hydroxyl groups is 1. The molecule has 4 N–H and O–H groups in total. The quantitative estimate of drug-likeness (QED) is 0.755. The topological polar surface area (TPSA) is 95.9 Å². The van der Waals surface area contributed by atoms with Gasteiger partial charge in [0.25, 0.3) is 0 Å². The van der Waals surface area contributed by atoms with E-state index < -0.39 is 5.83 Å². The second kappa shape index (κ2) is 5.70. The van der Waals surface area contributed by atoms with Crippen LogP contribution in [0.3, 0.4) is 0 Å². The van der Waals surface area contributed by atoms with Crippen LogP contribution in [0.2, 0.25) is 0 Å². The van der Waals surface area contributed by atoms with Gasteiger partial charge in [0.15, 0.2) is 5.82 Å². The lowest BCUT2D eigenvalue weighted by molar-refractivity contribution is 0.477. The molecular weight excluding hydrogens is 271 g/mol. The van der Waals surface area contributed by atoms with Gasteiger partial charge in [-0.15, -0.1) is 10.2 Å². The number of halogens is 1. The van der Waals surface area contributed by atoms with Crippen LogP contribution in [0, 0.1) is 5.41 Å². The van der Waals surface area contributed by atoms with Gasteiger partial charge in [0.1, 0.15) is 17.3 Å². The third-order valence-corrected chi connectivity index (χ3v) is 2.93. The monoisotopic (exact) mass is 286 g/mol. The standard InChI is InChI=1S/C15H15FN4O/c1-8(2)13(16)14(17)10-7-11(19-20-15(10)18)9-5-3-4-6-12(9)21/h3-7,17,21H,1-2H3,(H2,18,20). The smallest absolute Gasteiger partial charge is 0.155 e. The maximum atomic E-state index is 13.9. The first-order chi connectivity index (χ1) is 9.91. The van der Waals surface area contributed by atoms with Crippen molar-refractivity contribution in [1.82, 2.24) is 10.2 Å². The van der Waals surface area contributed by atoms with Crippen molar-refractivity contribution in [3.8, 4) is 17.0 Å². The third-order valence-electron chi connectivity index (χ3n) is 2.93. The van der Waals surface area contributed by atoms with Crippen LogP contribution in [0.15, 0.2) is 41.7 Å². The minimum atomic E-state index is -0.655. The van der Waals surface area contributed by atoms with Crippen LogP contribution in [0.25, 0.3) is 11.3 Å². The summed E-state index contributed by atoms with van der Waals surface area (Å²) in [6, 6.07) is 8.02. The van der Waals surface area contributed by atoms with Crippen LogP contribution < -0.4 is 5.73 Å². The Bertz CT molecular complexity index is 736. The molecule has 6 heteroatoms. The van der Waals surface area contributed by atoms with Crippen molar-refractivity contribution in [2.75, 3.05) is 5.73 Å². The van der Waals surface area contributed by atoms with Gasteiger partial charge in [-0.05, 0) is 37.6 Å². The Morgan fingerprint density at radius 2 is 1.90 bits per heavy atom. The number of nitrogens with one attached hydrogen (secondary N) is 1. The first-order valence-corrected chi connectivity index (χ1v) is 6.25. The van der Waals surface area contributed by atoms with Crippen LogP contribution in [0.4, 0.5) is 10.2 Å². The minimum absolute atomic E-state index is 0.0248. The van der Waals surface area contributed by atoms with E-state index in [-0.39, 0.29) is 22.8 Å². The van der Waals surface area contributed by atoms with Crippen molar-refractivity contribution in [3.05, 3.63) is 47.3 Å². The highest BCUT2D eigenvalue weighted by atomic mass is 19.1. The average molecular weight is 286 g/mol. The fourth-order valence-electron chi connectivity index (χ4n) is 1.79. The van der Waals surface area contributed by atoms with E-state index in [0.717, 1.165) is 0 Å². The number of allylic oxidation sites excluding steroid dienone is 2. The number of phenolic OH excluding ortho intramolecular Hbond substituents is 1. The molecule has 5 nitrogen and oxygen atoms in total. The molecule has 1 aromatic heterocycles. The molecule has 2 aromatic rings. The number of hydrogen-bond acceptors (Lipinski definition) is 5. The highest BCUT2D eigenvalue weighted by Gasteiger charge is 2.16. The normalized spacial score (nSPS) is 10.2. The molecule has 0 unspecified atom stereocenters. The van der Waals surface area contributed by atoms with Gasteiger partial charge in [-0.1, -0.05) is 12.1 Å². The molecular formula is C15H15FN4O. The molecule has 0 atom stereocenters. The van der Waals surface area contributed by atoms with Crippen molar-refractivity contribution >= 4 is 11.5 Å². The Morgan fingerprint density at radius 1 is 1.24 bits per heavy atom. The first kappa shape index (κ1) is 14.6. The number of phenols is 1. The maximum absolute atomic E-state index is 13.9. The van der Waals surface area contributed by atoms with E-state index in [9.17, 15) is 9.50 Å². The van der Waals surface area contributed by atoms with Crippen LogP contribution in [0.5, 0.6) is 5.75 Å². The molecule has 0 aliphatic carbocycles. The highest BCUT2D eigenvalue weighted by Crippen LogP contribution is 2.28. The van der Waals surface area contributed by atoms with Gasteiger partial charge >= 0.3 is 0 Å². The van der Waals surface area contributed by atoms with Gasteiger partial charge in [0.05, 0.1) is 5.69 Å². The molecule has 21 heavy (non-hydrogen) atoms. The lowest BCUT2D eigenvalue weighted by atomic mass is 10.0. The molecule has 108 valence electrons. The molecule has 2 rings (SSSR count). The van der Waals surface area contributed by atoms with E-state index in [0.29, 0.717) is 16.8 Å². The minimum Gasteiger partial charge on any atom is -0.507 e. The van der Waals surface area contributed by atoms with Crippen molar-refractivity contribution in [3.63, 3.8) is 0 Å². The SMILES string of the molecule is CC(C)=C(F)C(=N)c1cc(-c2ccccc2O)nnc1N. The van der Waals surface area contributed by atoms with E-state index >= 15 is 0 Å². The molecule has 0 amide bonds. The average Bonchev–Trinajstić information content (AvgIpc) is 2.47. The van der Waals surface area contributed by atoms with Gasteiger partial charge in [-0.25, -0.2) is 4.39 Å². The number of rotatable bonds is 3. The van der Waals surface area contributed by atoms with Crippen LogP contribution in [-0.2, 0) is 0 Å².